The summed E-state index contributed by atoms with van der Waals surface area (Å²) in [6.45, 7) is 6.01. The molecule has 0 aliphatic rings. The zero-order valence-corrected chi connectivity index (χ0v) is 10.2. The van der Waals surface area contributed by atoms with Crippen molar-refractivity contribution in [3.8, 4) is 0 Å². The Hall–Kier alpha value is -0.580. The predicted octanol–water partition coefficient (Wildman–Crippen LogP) is 3.57. The van der Waals surface area contributed by atoms with E-state index in [0.717, 1.165) is 11.3 Å². The SMILES string of the molecule is CC.Cc1nc2ccccc2n1I. The molecule has 0 atom stereocenters. The molecule has 1 aromatic heterocycles. The van der Waals surface area contributed by atoms with Crippen LogP contribution in [0.2, 0.25) is 0 Å². The second kappa shape index (κ2) is 4.60. The topological polar surface area (TPSA) is 17.8 Å². The van der Waals surface area contributed by atoms with Gasteiger partial charge in [0.1, 0.15) is 5.82 Å². The number of fused-ring (bicyclic) bond motifs is 1. The molecule has 0 N–H and O–H groups in total. The van der Waals surface area contributed by atoms with E-state index in [9.17, 15) is 0 Å². The van der Waals surface area contributed by atoms with Gasteiger partial charge in [0.15, 0.2) is 0 Å². The lowest BCUT2D eigenvalue weighted by atomic mass is 10.3. The Morgan fingerprint density at radius 2 is 1.85 bits per heavy atom. The van der Waals surface area contributed by atoms with Gasteiger partial charge in [-0.2, -0.15) is 0 Å². The van der Waals surface area contributed by atoms with Gasteiger partial charge < -0.3 is 0 Å². The number of halogens is 1. The van der Waals surface area contributed by atoms with Crippen molar-refractivity contribution in [2.45, 2.75) is 20.8 Å². The summed E-state index contributed by atoms with van der Waals surface area (Å²) in [4.78, 5) is 4.37. The maximum absolute atomic E-state index is 4.37. The molecule has 0 saturated heterocycles. The first-order chi connectivity index (χ1) is 6.29. The van der Waals surface area contributed by atoms with Crippen LogP contribution < -0.4 is 0 Å². The van der Waals surface area contributed by atoms with Crippen LogP contribution >= 0.6 is 22.9 Å². The number of hydrogen-bond acceptors (Lipinski definition) is 1. The lowest BCUT2D eigenvalue weighted by molar-refractivity contribution is 1.15. The Bertz CT molecular complexity index is 393. The first kappa shape index (κ1) is 10.5. The van der Waals surface area contributed by atoms with Crippen LogP contribution in [0.5, 0.6) is 0 Å². The molecule has 1 aromatic carbocycles. The summed E-state index contributed by atoms with van der Waals surface area (Å²) in [6.07, 6.45) is 0. The van der Waals surface area contributed by atoms with E-state index in [4.69, 9.17) is 0 Å². The fourth-order valence-electron chi connectivity index (χ4n) is 1.12. The second-order valence-corrected chi connectivity index (χ2v) is 3.39. The minimum absolute atomic E-state index is 1.05. The summed E-state index contributed by atoms with van der Waals surface area (Å²) in [5.74, 6) is 1.05. The highest BCUT2D eigenvalue weighted by Crippen LogP contribution is 2.17. The third-order valence-corrected chi connectivity index (χ3v) is 2.88. The lowest BCUT2D eigenvalue weighted by Gasteiger charge is -1.90. The van der Waals surface area contributed by atoms with Gasteiger partial charge in [0.25, 0.3) is 0 Å². The second-order valence-electron chi connectivity index (χ2n) is 2.43. The summed E-state index contributed by atoms with van der Waals surface area (Å²) in [7, 11) is 0. The molecule has 0 saturated carbocycles. The largest absolute Gasteiger partial charge is 0.268 e. The van der Waals surface area contributed by atoms with Crippen LogP contribution in [0.15, 0.2) is 24.3 Å². The molecule has 3 heteroatoms. The highest BCUT2D eigenvalue weighted by Gasteiger charge is 2.01. The first-order valence-corrected chi connectivity index (χ1v) is 5.36. The van der Waals surface area contributed by atoms with Gasteiger partial charge in [-0.05, 0) is 19.1 Å². The molecule has 70 valence electrons. The molecule has 1 heterocycles. The Morgan fingerprint density at radius 1 is 1.23 bits per heavy atom. The quantitative estimate of drug-likeness (QED) is 0.678. The predicted molar refractivity (Wildman–Crippen MR) is 65.2 cm³/mol. The Labute approximate surface area is 92.5 Å². The van der Waals surface area contributed by atoms with Crippen molar-refractivity contribution in [1.82, 2.24) is 7.76 Å². The van der Waals surface area contributed by atoms with Crippen LogP contribution in [-0.2, 0) is 0 Å². The van der Waals surface area contributed by atoms with Crippen molar-refractivity contribution in [2.75, 3.05) is 0 Å². The van der Waals surface area contributed by atoms with E-state index in [1.54, 1.807) is 0 Å². The molecular formula is C10H13IN2. The molecule has 0 radical (unpaired) electrons. The average Bonchev–Trinajstić information content (AvgIpc) is 2.47. The molecular weight excluding hydrogens is 275 g/mol. The van der Waals surface area contributed by atoms with Gasteiger partial charge >= 0.3 is 0 Å². The third kappa shape index (κ3) is 2.02. The smallest absolute Gasteiger partial charge is 0.115 e. The summed E-state index contributed by atoms with van der Waals surface area (Å²) in [5.41, 5.74) is 2.25. The van der Waals surface area contributed by atoms with E-state index in [1.807, 2.05) is 39.0 Å². The van der Waals surface area contributed by atoms with E-state index >= 15 is 0 Å². The zero-order valence-electron chi connectivity index (χ0n) is 8.08. The van der Waals surface area contributed by atoms with Crippen molar-refractivity contribution in [2.24, 2.45) is 0 Å². The van der Waals surface area contributed by atoms with Gasteiger partial charge in [-0.3, -0.25) is 2.78 Å². The maximum Gasteiger partial charge on any atom is 0.115 e. The normalized spacial score (nSPS) is 9.54. The van der Waals surface area contributed by atoms with Gasteiger partial charge in [-0.1, -0.05) is 26.0 Å². The van der Waals surface area contributed by atoms with Gasteiger partial charge in [0, 0.05) is 0 Å². The Balaban J connectivity index is 0.000000396. The van der Waals surface area contributed by atoms with Gasteiger partial charge in [-0.25, -0.2) is 4.98 Å². The van der Waals surface area contributed by atoms with Crippen LogP contribution in [0, 0.1) is 6.92 Å². The minimum Gasteiger partial charge on any atom is -0.268 e. The number of aromatic nitrogens is 2. The maximum atomic E-state index is 4.37. The number of hydrogen-bond donors (Lipinski definition) is 0. The van der Waals surface area contributed by atoms with Crippen LogP contribution in [0.1, 0.15) is 19.7 Å². The minimum atomic E-state index is 1.05. The molecule has 0 amide bonds. The number of imidazole rings is 1. The molecule has 0 aliphatic carbocycles. The number of nitrogens with zero attached hydrogens (tertiary/aromatic N) is 2. The van der Waals surface area contributed by atoms with E-state index in [0.29, 0.717) is 0 Å². The van der Waals surface area contributed by atoms with Crippen molar-refractivity contribution in [1.29, 1.82) is 0 Å². The fourth-order valence-corrected chi connectivity index (χ4v) is 1.63. The number of aryl methyl sites for hydroxylation is 1. The summed E-state index contributed by atoms with van der Waals surface area (Å²) in [6, 6.07) is 8.13. The average molecular weight is 288 g/mol. The standard InChI is InChI=1S/C8H7IN2.C2H6/c1-6-10-7-4-2-3-5-8(7)11(6)9;1-2/h2-5H,1H3;1-2H3. The molecule has 0 unspecified atom stereocenters. The van der Waals surface area contributed by atoms with Crippen LogP contribution in [-0.4, -0.2) is 7.76 Å². The van der Waals surface area contributed by atoms with E-state index in [1.165, 1.54) is 5.52 Å². The molecule has 0 spiro atoms. The third-order valence-electron chi connectivity index (χ3n) is 1.66. The Kier molecular flexibility index (Phi) is 3.71. The highest BCUT2D eigenvalue weighted by molar-refractivity contribution is 14.1. The van der Waals surface area contributed by atoms with Crippen LogP contribution in [0.25, 0.3) is 11.0 Å². The van der Waals surface area contributed by atoms with E-state index < -0.39 is 0 Å². The summed E-state index contributed by atoms with van der Waals surface area (Å²) in [5, 5.41) is 0. The first-order valence-electron chi connectivity index (χ1n) is 4.39. The molecule has 2 aromatic rings. The van der Waals surface area contributed by atoms with Gasteiger partial charge in [0.2, 0.25) is 0 Å². The van der Waals surface area contributed by atoms with Gasteiger partial charge in [-0.15, -0.1) is 0 Å². The lowest BCUT2D eigenvalue weighted by Crippen LogP contribution is -1.80. The number of rotatable bonds is 0. The van der Waals surface area contributed by atoms with Crippen molar-refractivity contribution < 1.29 is 0 Å². The number of para-hydroxylation sites is 2. The van der Waals surface area contributed by atoms with Crippen molar-refractivity contribution in [3.05, 3.63) is 30.1 Å². The molecule has 13 heavy (non-hydrogen) atoms. The molecule has 2 rings (SSSR count). The van der Waals surface area contributed by atoms with Crippen molar-refractivity contribution >= 4 is 33.9 Å². The fraction of sp³-hybridized carbons (Fsp3) is 0.300. The van der Waals surface area contributed by atoms with Crippen LogP contribution in [0.4, 0.5) is 0 Å². The highest BCUT2D eigenvalue weighted by atomic mass is 127. The molecule has 0 aliphatic heterocycles. The summed E-state index contributed by atoms with van der Waals surface area (Å²) < 4.78 is 2.06. The Morgan fingerprint density at radius 3 is 2.46 bits per heavy atom. The van der Waals surface area contributed by atoms with Gasteiger partial charge in [0.05, 0.1) is 33.9 Å². The van der Waals surface area contributed by atoms with Crippen LogP contribution in [0.3, 0.4) is 0 Å². The summed E-state index contributed by atoms with van der Waals surface area (Å²) >= 11 is 2.25. The molecule has 0 bridgehead atoms. The molecule has 0 fully saturated rings. The number of benzene rings is 1. The van der Waals surface area contributed by atoms with E-state index in [-0.39, 0.29) is 0 Å². The molecule has 2 nitrogen and oxygen atoms in total. The monoisotopic (exact) mass is 288 g/mol. The van der Waals surface area contributed by atoms with Crippen molar-refractivity contribution in [3.63, 3.8) is 0 Å². The van der Waals surface area contributed by atoms with E-state index in [2.05, 4.69) is 36.7 Å². The zero-order chi connectivity index (χ0) is 9.84.